The summed E-state index contributed by atoms with van der Waals surface area (Å²) in [5, 5.41) is 6.80. The van der Waals surface area contributed by atoms with Gasteiger partial charge in [0, 0.05) is 39.0 Å². The van der Waals surface area contributed by atoms with Gasteiger partial charge in [-0.3, -0.25) is 4.99 Å². The number of nitrogens with one attached hydrogen (secondary N) is 2. The molecule has 0 aromatic carbocycles. The SMILES string of the molecule is CN=C(NCCCC1CCCC1)NCCc1cn2ccccc2n1. The lowest BCUT2D eigenvalue weighted by atomic mass is 10.0. The van der Waals surface area contributed by atoms with Crippen molar-refractivity contribution in [2.24, 2.45) is 10.9 Å². The fourth-order valence-corrected chi connectivity index (χ4v) is 3.53. The molecule has 3 rings (SSSR count). The van der Waals surface area contributed by atoms with Crippen molar-refractivity contribution in [3.05, 3.63) is 36.3 Å². The second-order valence-electron chi connectivity index (χ2n) is 6.67. The lowest BCUT2D eigenvalue weighted by Crippen LogP contribution is -2.38. The first-order valence-corrected chi connectivity index (χ1v) is 9.22. The van der Waals surface area contributed by atoms with Crippen LogP contribution in [0.1, 0.15) is 44.2 Å². The number of rotatable bonds is 7. The Bertz CT molecular complexity index is 622. The van der Waals surface area contributed by atoms with E-state index >= 15 is 0 Å². The molecule has 2 aromatic rings. The molecule has 5 heteroatoms. The molecule has 0 saturated heterocycles. The molecule has 0 amide bonds. The van der Waals surface area contributed by atoms with E-state index < -0.39 is 0 Å². The minimum absolute atomic E-state index is 0.839. The Morgan fingerprint density at radius 2 is 2.08 bits per heavy atom. The summed E-state index contributed by atoms with van der Waals surface area (Å²) in [4.78, 5) is 8.92. The molecule has 1 fully saturated rings. The van der Waals surface area contributed by atoms with Crippen LogP contribution in [0.15, 0.2) is 35.6 Å². The fourth-order valence-electron chi connectivity index (χ4n) is 3.53. The molecular formula is C19H29N5. The number of pyridine rings is 1. The molecule has 0 aliphatic heterocycles. The predicted octanol–water partition coefficient (Wildman–Crippen LogP) is 3.01. The number of hydrogen-bond acceptors (Lipinski definition) is 2. The Hall–Kier alpha value is -2.04. The Balaban J connectivity index is 1.34. The van der Waals surface area contributed by atoms with Crippen LogP contribution in [0, 0.1) is 5.92 Å². The smallest absolute Gasteiger partial charge is 0.190 e. The standard InChI is InChI=1S/C19H29N5/c1-20-19(21-12-6-9-16-7-2-3-8-16)22-13-11-17-15-24-14-5-4-10-18(24)23-17/h4-5,10,14-16H,2-3,6-9,11-13H2,1H3,(H2,20,21,22). The first-order chi connectivity index (χ1) is 11.8. The number of imidazole rings is 1. The van der Waals surface area contributed by atoms with Gasteiger partial charge in [0.25, 0.3) is 0 Å². The highest BCUT2D eigenvalue weighted by atomic mass is 15.2. The van der Waals surface area contributed by atoms with Crippen molar-refractivity contribution >= 4 is 11.6 Å². The summed E-state index contributed by atoms with van der Waals surface area (Å²) in [5.41, 5.74) is 2.10. The zero-order valence-electron chi connectivity index (χ0n) is 14.7. The Morgan fingerprint density at radius 1 is 1.25 bits per heavy atom. The van der Waals surface area contributed by atoms with Gasteiger partial charge >= 0.3 is 0 Å². The number of nitrogens with zero attached hydrogens (tertiary/aromatic N) is 3. The number of aliphatic imine (C=N–C) groups is 1. The highest BCUT2D eigenvalue weighted by Gasteiger charge is 2.13. The first kappa shape index (κ1) is 16.8. The maximum Gasteiger partial charge on any atom is 0.190 e. The van der Waals surface area contributed by atoms with E-state index in [1.165, 1.54) is 38.5 Å². The Morgan fingerprint density at radius 3 is 2.88 bits per heavy atom. The molecule has 130 valence electrons. The summed E-state index contributed by atoms with van der Waals surface area (Å²) in [6, 6.07) is 6.07. The van der Waals surface area contributed by atoms with E-state index in [-0.39, 0.29) is 0 Å². The van der Waals surface area contributed by atoms with Crippen LogP contribution < -0.4 is 10.6 Å². The molecule has 2 heterocycles. The maximum absolute atomic E-state index is 4.62. The molecular weight excluding hydrogens is 298 g/mol. The molecule has 1 aliphatic carbocycles. The van der Waals surface area contributed by atoms with E-state index in [2.05, 4.69) is 31.2 Å². The van der Waals surface area contributed by atoms with Crippen molar-refractivity contribution in [2.45, 2.75) is 44.9 Å². The fraction of sp³-hybridized carbons (Fsp3) is 0.579. The van der Waals surface area contributed by atoms with Crippen LogP contribution in [-0.2, 0) is 6.42 Å². The highest BCUT2D eigenvalue weighted by molar-refractivity contribution is 5.79. The Kier molecular flexibility index (Phi) is 6.10. The maximum atomic E-state index is 4.62. The van der Waals surface area contributed by atoms with Crippen LogP contribution in [0.3, 0.4) is 0 Å². The number of hydrogen-bond donors (Lipinski definition) is 2. The van der Waals surface area contributed by atoms with Crippen LogP contribution in [0.2, 0.25) is 0 Å². The van der Waals surface area contributed by atoms with Crippen LogP contribution >= 0.6 is 0 Å². The third-order valence-electron chi connectivity index (χ3n) is 4.87. The lowest BCUT2D eigenvalue weighted by molar-refractivity contribution is 0.481. The summed E-state index contributed by atoms with van der Waals surface area (Å²) in [7, 11) is 1.83. The third kappa shape index (κ3) is 4.73. The topological polar surface area (TPSA) is 53.7 Å². The molecule has 0 unspecified atom stereocenters. The number of aromatic nitrogens is 2. The highest BCUT2D eigenvalue weighted by Crippen LogP contribution is 2.28. The molecule has 0 bridgehead atoms. The number of guanidine groups is 1. The van der Waals surface area contributed by atoms with Crippen molar-refractivity contribution in [2.75, 3.05) is 20.1 Å². The van der Waals surface area contributed by atoms with Crippen LogP contribution in [0.5, 0.6) is 0 Å². The van der Waals surface area contributed by atoms with Gasteiger partial charge in [0.1, 0.15) is 5.65 Å². The molecule has 0 spiro atoms. The summed E-state index contributed by atoms with van der Waals surface area (Å²) >= 11 is 0. The van der Waals surface area contributed by atoms with E-state index in [9.17, 15) is 0 Å². The van der Waals surface area contributed by atoms with Crippen molar-refractivity contribution in [3.63, 3.8) is 0 Å². The molecule has 24 heavy (non-hydrogen) atoms. The summed E-state index contributed by atoms with van der Waals surface area (Å²) in [5.74, 6) is 1.86. The quantitative estimate of drug-likeness (QED) is 0.467. The molecule has 2 aromatic heterocycles. The molecule has 0 radical (unpaired) electrons. The van der Waals surface area contributed by atoms with E-state index in [0.717, 1.165) is 42.7 Å². The van der Waals surface area contributed by atoms with Gasteiger partial charge in [-0.2, -0.15) is 0 Å². The second kappa shape index (κ2) is 8.71. The van der Waals surface area contributed by atoms with Crippen molar-refractivity contribution in [1.82, 2.24) is 20.0 Å². The lowest BCUT2D eigenvalue weighted by Gasteiger charge is -2.13. The van der Waals surface area contributed by atoms with Gasteiger partial charge in [-0.1, -0.05) is 31.7 Å². The zero-order valence-corrected chi connectivity index (χ0v) is 14.7. The van der Waals surface area contributed by atoms with Crippen LogP contribution in [0.4, 0.5) is 0 Å². The normalized spacial score (nSPS) is 16.0. The van der Waals surface area contributed by atoms with Gasteiger partial charge in [0.15, 0.2) is 5.96 Å². The van der Waals surface area contributed by atoms with E-state index in [4.69, 9.17) is 0 Å². The summed E-state index contributed by atoms with van der Waals surface area (Å²) < 4.78 is 2.06. The first-order valence-electron chi connectivity index (χ1n) is 9.22. The monoisotopic (exact) mass is 327 g/mol. The molecule has 5 nitrogen and oxygen atoms in total. The van der Waals surface area contributed by atoms with Crippen molar-refractivity contribution < 1.29 is 0 Å². The average molecular weight is 327 g/mol. The minimum atomic E-state index is 0.839. The summed E-state index contributed by atoms with van der Waals surface area (Å²) in [6.07, 6.45) is 13.3. The summed E-state index contributed by atoms with van der Waals surface area (Å²) in [6.45, 7) is 1.84. The van der Waals surface area contributed by atoms with Gasteiger partial charge in [0.2, 0.25) is 0 Å². The van der Waals surface area contributed by atoms with Gasteiger partial charge in [-0.05, 0) is 30.9 Å². The van der Waals surface area contributed by atoms with Gasteiger partial charge < -0.3 is 15.0 Å². The van der Waals surface area contributed by atoms with Crippen LogP contribution in [0.25, 0.3) is 5.65 Å². The third-order valence-corrected chi connectivity index (χ3v) is 4.87. The second-order valence-corrected chi connectivity index (χ2v) is 6.67. The average Bonchev–Trinajstić information content (AvgIpc) is 3.25. The molecule has 1 saturated carbocycles. The van der Waals surface area contributed by atoms with E-state index in [1.807, 2.05) is 31.4 Å². The minimum Gasteiger partial charge on any atom is -0.356 e. The molecule has 0 atom stereocenters. The zero-order chi connectivity index (χ0) is 16.6. The Labute approximate surface area is 144 Å². The molecule has 1 aliphatic rings. The van der Waals surface area contributed by atoms with Crippen LogP contribution in [-0.4, -0.2) is 35.5 Å². The van der Waals surface area contributed by atoms with Gasteiger partial charge in [-0.25, -0.2) is 4.98 Å². The largest absolute Gasteiger partial charge is 0.356 e. The van der Waals surface area contributed by atoms with Crippen molar-refractivity contribution in [3.8, 4) is 0 Å². The van der Waals surface area contributed by atoms with E-state index in [0.29, 0.717) is 0 Å². The number of fused-ring (bicyclic) bond motifs is 1. The molecule has 2 N–H and O–H groups in total. The van der Waals surface area contributed by atoms with Gasteiger partial charge in [0.05, 0.1) is 5.69 Å². The van der Waals surface area contributed by atoms with Gasteiger partial charge in [-0.15, -0.1) is 0 Å². The van der Waals surface area contributed by atoms with E-state index in [1.54, 1.807) is 0 Å². The van der Waals surface area contributed by atoms with Crippen molar-refractivity contribution in [1.29, 1.82) is 0 Å². The predicted molar refractivity (Wildman–Crippen MR) is 99.5 cm³/mol.